The summed E-state index contributed by atoms with van der Waals surface area (Å²) in [5.74, 6) is -0.582. The molecule has 7 nitrogen and oxygen atoms in total. The molecule has 124 valence electrons. The topological polar surface area (TPSA) is 120 Å². The van der Waals surface area contributed by atoms with Crippen molar-refractivity contribution in [2.45, 2.75) is 6.92 Å². The van der Waals surface area contributed by atoms with E-state index in [2.05, 4.69) is 0 Å². The number of phenolic OH excluding ortho intramolecular Hbond substituents is 1. The Morgan fingerprint density at radius 2 is 2.00 bits per heavy atom. The molecular formula is C18H13N3O4. The number of rotatable bonds is 5. The van der Waals surface area contributed by atoms with Crippen molar-refractivity contribution < 1.29 is 14.8 Å². The second-order valence-corrected chi connectivity index (χ2v) is 4.94. The highest BCUT2D eigenvalue weighted by Crippen LogP contribution is 2.38. The van der Waals surface area contributed by atoms with Gasteiger partial charge in [0.05, 0.1) is 34.8 Å². The van der Waals surface area contributed by atoms with E-state index in [4.69, 9.17) is 10.00 Å². The second-order valence-electron chi connectivity index (χ2n) is 4.94. The SMILES string of the molecule is CCOc1cc(/C=C(/C#N)c2ccc(C#N)cc2)cc([N+](=O)[O-])c1O. The maximum atomic E-state index is 11.1. The number of ether oxygens (including phenoxy) is 1. The lowest BCUT2D eigenvalue weighted by Gasteiger charge is -2.08. The summed E-state index contributed by atoms with van der Waals surface area (Å²) < 4.78 is 5.22. The lowest BCUT2D eigenvalue weighted by molar-refractivity contribution is -0.386. The summed E-state index contributed by atoms with van der Waals surface area (Å²) in [7, 11) is 0. The third kappa shape index (κ3) is 3.92. The fraction of sp³-hybridized carbons (Fsp3) is 0.111. The Balaban J connectivity index is 2.54. The average molecular weight is 335 g/mol. The first kappa shape index (κ1) is 17.5. The standard InChI is InChI=1S/C18H13N3O4/c1-2-25-17-9-13(8-16(18(17)22)21(23)24)7-15(11-20)14-5-3-12(10-19)4-6-14/h3-9,22H,2H2,1H3/b15-7-. The Labute approximate surface area is 143 Å². The van der Waals surface area contributed by atoms with Crippen molar-refractivity contribution in [2.75, 3.05) is 6.61 Å². The zero-order valence-electron chi connectivity index (χ0n) is 13.3. The zero-order chi connectivity index (χ0) is 18.4. The monoisotopic (exact) mass is 335 g/mol. The summed E-state index contributed by atoms with van der Waals surface area (Å²) in [6.07, 6.45) is 1.45. The number of allylic oxidation sites excluding steroid dienone is 1. The van der Waals surface area contributed by atoms with Crippen LogP contribution in [0.2, 0.25) is 0 Å². The molecule has 0 amide bonds. The van der Waals surface area contributed by atoms with Crippen LogP contribution in [0.4, 0.5) is 5.69 Å². The van der Waals surface area contributed by atoms with Crippen molar-refractivity contribution in [3.05, 3.63) is 63.2 Å². The number of hydrogen-bond acceptors (Lipinski definition) is 6. The molecule has 1 N–H and O–H groups in total. The highest BCUT2D eigenvalue weighted by atomic mass is 16.6. The number of nitro benzene ring substituents is 1. The van der Waals surface area contributed by atoms with Crippen LogP contribution < -0.4 is 4.74 Å². The van der Waals surface area contributed by atoms with E-state index in [9.17, 15) is 20.5 Å². The van der Waals surface area contributed by atoms with Crippen LogP contribution in [-0.2, 0) is 0 Å². The Bertz CT molecular complexity index is 919. The van der Waals surface area contributed by atoms with E-state index in [1.165, 1.54) is 18.2 Å². The summed E-state index contributed by atoms with van der Waals surface area (Å²) in [4.78, 5) is 10.4. The Morgan fingerprint density at radius 1 is 1.32 bits per heavy atom. The van der Waals surface area contributed by atoms with Gasteiger partial charge in [0.15, 0.2) is 5.75 Å². The Kier molecular flexibility index (Phi) is 5.34. The lowest BCUT2D eigenvalue weighted by atomic mass is 10.0. The van der Waals surface area contributed by atoms with Gasteiger partial charge in [-0.25, -0.2) is 0 Å². The second kappa shape index (κ2) is 7.62. The van der Waals surface area contributed by atoms with Crippen LogP contribution in [0.5, 0.6) is 11.5 Å². The molecule has 0 heterocycles. The maximum absolute atomic E-state index is 11.1. The molecular weight excluding hydrogens is 322 g/mol. The van der Waals surface area contributed by atoms with Gasteiger partial charge in [-0.3, -0.25) is 10.1 Å². The van der Waals surface area contributed by atoms with Crippen LogP contribution in [0.1, 0.15) is 23.6 Å². The van der Waals surface area contributed by atoms with Crippen LogP contribution in [0.25, 0.3) is 11.6 Å². The first-order chi connectivity index (χ1) is 12.0. The maximum Gasteiger partial charge on any atom is 0.315 e. The first-order valence-electron chi connectivity index (χ1n) is 7.26. The number of nitro groups is 1. The number of benzene rings is 2. The summed E-state index contributed by atoms with van der Waals surface area (Å²) in [5, 5.41) is 39.2. The summed E-state index contributed by atoms with van der Waals surface area (Å²) in [5.41, 5.74) is 1.12. The number of aromatic hydroxyl groups is 1. The number of nitrogens with zero attached hydrogens (tertiary/aromatic N) is 3. The minimum absolute atomic E-state index is 0.0277. The van der Waals surface area contributed by atoms with Crippen LogP contribution in [0.3, 0.4) is 0 Å². The number of hydrogen-bond donors (Lipinski definition) is 1. The van der Waals surface area contributed by atoms with Gasteiger partial charge in [-0.05, 0) is 42.3 Å². The molecule has 0 spiro atoms. The van der Waals surface area contributed by atoms with Gasteiger partial charge in [-0.2, -0.15) is 10.5 Å². The molecule has 2 aromatic carbocycles. The van der Waals surface area contributed by atoms with Crippen LogP contribution >= 0.6 is 0 Å². The average Bonchev–Trinajstić information content (AvgIpc) is 2.62. The predicted molar refractivity (Wildman–Crippen MR) is 90.6 cm³/mol. The minimum atomic E-state index is -0.719. The zero-order valence-corrected chi connectivity index (χ0v) is 13.3. The van der Waals surface area contributed by atoms with E-state index in [0.717, 1.165) is 0 Å². The number of phenols is 1. The Hall–Kier alpha value is -3.84. The quantitative estimate of drug-likeness (QED) is 0.385. The predicted octanol–water partition coefficient (Wildman–Crippen LogP) is 3.63. The summed E-state index contributed by atoms with van der Waals surface area (Å²) >= 11 is 0. The van der Waals surface area contributed by atoms with Gasteiger partial charge in [-0.15, -0.1) is 0 Å². The molecule has 25 heavy (non-hydrogen) atoms. The fourth-order valence-corrected chi connectivity index (χ4v) is 2.17. The third-order valence-electron chi connectivity index (χ3n) is 3.33. The molecule has 7 heteroatoms. The number of nitriles is 2. The normalized spacial score (nSPS) is 10.6. The van der Waals surface area contributed by atoms with E-state index in [1.807, 2.05) is 12.1 Å². The van der Waals surface area contributed by atoms with Gasteiger partial charge in [-0.1, -0.05) is 12.1 Å². The van der Waals surface area contributed by atoms with Gasteiger partial charge in [0, 0.05) is 6.07 Å². The molecule has 0 bridgehead atoms. The van der Waals surface area contributed by atoms with Crippen molar-refractivity contribution in [1.82, 2.24) is 0 Å². The molecule has 0 aliphatic rings. The van der Waals surface area contributed by atoms with Crippen molar-refractivity contribution in [2.24, 2.45) is 0 Å². The Morgan fingerprint density at radius 3 is 2.52 bits per heavy atom. The molecule has 0 saturated heterocycles. The van der Waals surface area contributed by atoms with E-state index in [-0.39, 0.29) is 17.9 Å². The molecule has 0 unspecified atom stereocenters. The molecule has 0 radical (unpaired) electrons. The molecule has 0 saturated carbocycles. The molecule has 0 aliphatic heterocycles. The largest absolute Gasteiger partial charge is 0.500 e. The molecule has 0 fully saturated rings. The molecule has 2 rings (SSSR count). The lowest BCUT2D eigenvalue weighted by Crippen LogP contribution is -1.96. The van der Waals surface area contributed by atoms with Crippen molar-refractivity contribution in [1.29, 1.82) is 10.5 Å². The molecule has 0 aliphatic carbocycles. The van der Waals surface area contributed by atoms with Crippen molar-refractivity contribution in [3.8, 4) is 23.6 Å². The third-order valence-corrected chi connectivity index (χ3v) is 3.33. The van der Waals surface area contributed by atoms with Crippen LogP contribution in [0, 0.1) is 32.8 Å². The van der Waals surface area contributed by atoms with Crippen LogP contribution in [0.15, 0.2) is 36.4 Å². The summed E-state index contributed by atoms with van der Waals surface area (Å²) in [6.45, 7) is 1.91. The molecule has 0 atom stereocenters. The van der Waals surface area contributed by atoms with E-state index >= 15 is 0 Å². The summed E-state index contributed by atoms with van der Waals surface area (Å²) in [6, 6.07) is 13.0. The van der Waals surface area contributed by atoms with Crippen LogP contribution in [-0.4, -0.2) is 16.6 Å². The van der Waals surface area contributed by atoms with Gasteiger partial charge in [0.2, 0.25) is 5.75 Å². The fourth-order valence-electron chi connectivity index (χ4n) is 2.17. The molecule has 2 aromatic rings. The highest BCUT2D eigenvalue weighted by Gasteiger charge is 2.20. The highest BCUT2D eigenvalue weighted by molar-refractivity contribution is 5.90. The minimum Gasteiger partial charge on any atom is -0.500 e. The van der Waals surface area contributed by atoms with Gasteiger partial charge >= 0.3 is 5.69 Å². The first-order valence-corrected chi connectivity index (χ1v) is 7.26. The van der Waals surface area contributed by atoms with E-state index in [1.54, 1.807) is 31.2 Å². The van der Waals surface area contributed by atoms with Gasteiger partial charge < -0.3 is 9.84 Å². The van der Waals surface area contributed by atoms with Crippen molar-refractivity contribution >= 4 is 17.3 Å². The smallest absolute Gasteiger partial charge is 0.315 e. The van der Waals surface area contributed by atoms with Crippen molar-refractivity contribution in [3.63, 3.8) is 0 Å². The van der Waals surface area contributed by atoms with Gasteiger partial charge in [0.1, 0.15) is 0 Å². The van der Waals surface area contributed by atoms with Gasteiger partial charge in [0.25, 0.3) is 0 Å². The van der Waals surface area contributed by atoms with E-state index < -0.39 is 16.4 Å². The van der Waals surface area contributed by atoms with E-state index in [0.29, 0.717) is 16.7 Å². The molecule has 0 aromatic heterocycles.